The zero-order valence-electron chi connectivity index (χ0n) is 12.6. The molecule has 0 fully saturated rings. The van der Waals surface area contributed by atoms with E-state index in [2.05, 4.69) is 83.6 Å². The molecule has 1 N–H and O–H groups in total. The Morgan fingerprint density at radius 3 is 2.62 bits per heavy atom. The minimum absolute atomic E-state index is 0.431. The van der Waals surface area contributed by atoms with Crippen LogP contribution in [-0.2, 0) is 0 Å². The normalized spacial score (nSPS) is 12.3. The second-order valence-corrected chi connectivity index (χ2v) is 7.04. The summed E-state index contributed by atoms with van der Waals surface area (Å²) in [7, 11) is 0. The van der Waals surface area contributed by atoms with Crippen LogP contribution in [0.4, 0.5) is 0 Å². The molecule has 0 aliphatic heterocycles. The monoisotopic (exact) mass is 363 g/mol. The quantitative estimate of drug-likeness (QED) is 0.642. The maximum atomic E-state index is 3.65. The van der Waals surface area contributed by atoms with E-state index in [0.29, 0.717) is 6.04 Å². The first kappa shape index (κ1) is 16.6. The average molecular weight is 364 g/mol. The van der Waals surface area contributed by atoms with Crippen LogP contribution < -0.4 is 5.32 Å². The summed E-state index contributed by atoms with van der Waals surface area (Å²) < 4.78 is 1.13. The fraction of sp³-hybridized carbons (Fsp3) is 0.333. The molecule has 2 aromatic carbocycles. The van der Waals surface area contributed by atoms with E-state index in [1.54, 1.807) is 0 Å². The van der Waals surface area contributed by atoms with Gasteiger partial charge < -0.3 is 5.32 Å². The van der Waals surface area contributed by atoms with Gasteiger partial charge >= 0.3 is 0 Å². The van der Waals surface area contributed by atoms with E-state index in [1.165, 1.54) is 15.4 Å². The summed E-state index contributed by atoms with van der Waals surface area (Å²) in [5.41, 5.74) is 1.40. The maximum absolute atomic E-state index is 3.65. The minimum Gasteiger partial charge on any atom is -0.310 e. The van der Waals surface area contributed by atoms with Crippen molar-refractivity contribution in [1.29, 1.82) is 0 Å². The SMILES string of the molecule is CCCNC(CC)c1ccccc1Sc1cccc(Br)c1. The molecule has 0 radical (unpaired) electrons. The lowest BCUT2D eigenvalue weighted by Crippen LogP contribution is -2.21. The molecule has 0 spiro atoms. The molecule has 0 aliphatic rings. The van der Waals surface area contributed by atoms with Crippen LogP contribution in [0.25, 0.3) is 0 Å². The predicted molar refractivity (Wildman–Crippen MR) is 96.0 cm³/mol. The lowest BCUT2D eigenvalue weighted by molar-refractivity contribution is 0.512. The molecule has 2 aromatic rings. The van der Waals surface area contributed by atoms with E-state index in [-0.39, 0.29) is 0 Å². The minimum atomic E-state index is 0.431. The third kappa shape index (κ3) is 4.87. The first-order valence-corrected chi connectivity index (χ1v) is 9.11. The van der Waals surface area contributed by atoms with Crippen LogP contribution in [0.1, 0.15) is 38.3 Å². The van der Waals surface area contributed by atoms with E-state index in [4.69, 9.17) is 0 Å². The topological polar surface area (TPSA) is 12.0 Å². The van der Waals surface area contributed by atoms with E-state index in [9.17, 15) is 0 Å². The van der Waals surface area contributed by atoms with Crippen LogP contribution in [0, 0.1) is 0 Å². The molecule has 2 rings (SSSR count). The van der Waals surface area contributed by atoms with Crippen molar-refractivity contribution >= 4 is 27.7 Å². The highest BCUT2D eigenvalue weighted by Gasteiger charge is 2.13. The predicted octanol–water partition coefficient (Wildman–Crippen LogP) is 6.05. The zero-order valence-corrected chi connectivity index (χ0v) is 15.0. The highest BCUT2D eigenvalue weighted by atomic mass is 79.9. The van der Waals surface area contributed by atoms with Gasteiger partial charge in [0.2, 0.25) is 0 Å². The highest BCUT2D eigenvalue weighted by Crippen LogP contribution is 2.35. The third-order valence-electron chi connectivity index (χ3n) is 3.37. The van der Waals surface area contributed by atoms with E-state index in [1.807, 2.05) is 11.8 Å². The van der Waals surface area contributed by atoms with Crippen molar-refractivity contribution < 1.29 is 0 Å². The molecule has 0 bridgehead atoms. The van der Waals surface area contributed by atoms with Crippen molar-refractivity contribution in [2.75, 3.05) is 6.54 Å². The fourth-order valence-electron chi connectivity index (χ4n) is 2.31. The van der Waals surface area contributed by atoms with Crippen LogP contribution in [0.15, 0.2) is 62.8 Å². The van der Waals surface area contributed by atoms with E-state index >= 15 is 0 Å². The summed E-state index contributed by atoms with van der Waals surface area (Å²) in [6, 6.07) is 17.6. The number of nitrogens with one attached hydrogen (secondary N) is 1. The number of halogens is 1. The molecule has 1 nitrogen and oxygen atoms in total. The number of rotatable bonds is 7. The average Bonchev–Trinajstić information content (AvgIpc) is 2.49. The van der Waals surface area contributed by atoms with Crippen molar-refractivity contribution in [3.05, 3.63) is 58.6 Å². The van der Waals surface area contributed by atoms with Gasteiger partial charge in [0, 0.05) is 20.3 Å². The van der Waals surface area contributed by atoms with Crippen LogP contribution in [0.3, 0.4) is 0 Å². The Labute approximate surface area is 140 Å². The molecule has 0 aromatic heterocycles. The molecular formula is C18H22BrNS. The molecule has 0 amide bonds. The van der Waals surface area contributed by atoms with Crippen LogP contribution in [0.5, 0.6) is 0 Å². The second-order valence-electron chi connectivity index (χ2n) is 5.01. The molecule has 21 heavy (non-hydrogen) atoms. The third-order valence-corrected chi connectivity index (χ3v) is 4.94. The lowest BCUT2D eigenvalue weighted by Gasteiger charge is -2.20. The Hall–Kier alpha value is -0.770. The number of hydrogen-bond donors (Lipinski definition) is 1. The van der Waals surface area contributed by atoms with Gasteiger partial charge in [0.25, 0.3) is 0 Å². The van der Waals surface area contributed by atoms with Gasteiger partial charge in [0.15, 0.2) is 0 Å². The van der Waals surface area contributed by atoms with Crippen LogP contribution in [0.2, 0.25) is 0 Å². The first-order valence-electron chi connectivity index (χ1n) is 7.50. The maximum Gasteiger partial charge on any atom is 0.0328 e. The van der Waals surface area contributed by atoms with Crippen molar-refractivity contribution in [2.45, 2.75) is 42.5 Å². The Morgan fingerprint density at radius 2 is 1.90 bits per heavy atom. The first-order chi connectivity index (χ1) is 10.2. The lowest BCUT2D eigenvalue weighted by atomic mass is 10.0. The van der Waals surface area contributed by atoms with E-state index in [0.717, 1.165) is 23.9 Å². The molecule has 0 saturated heterocycles. The fourth-order valence-corrected chi connectivity index (χ4v) is 3.92. The molecule has 0 heterocycles. The summed E-state index contributed by atoms with van der Waals surface area (Å²) in [6.07, 6.45) is 2.27. The molecule has 0 saturated carbocycles. The molecule has 3 heteroatoms. The van der Waals surface area contributed by atoms with Crippen molar-refractivity contribution in [1.82, 2.24) is 5.32 Å². The summed E-state index contributed by atoms with van der Waals surface area (Å²) in [5, 5.41) is 3.65. The Balaban J connectivity index is 2.23. The van der Waals surface area contributed by atoms with Gasteiger partial charge in [-0.1, -0.05) is 65.8 Å². The summed E-state index contributed by atoms with van der Waals surface area (Å²) in [5.74, 6) is 0. The molecule has 0 aliphatic carbocycles. The molecule has 112 valence electrons. The Kier molecular flexibility index (Phi) is 6.81. The second kappa shape index (κ2) is 8.62. The van der Waals surface area contributed by atoms with Gasteiger partial charge in [-0.2, -0.15) is 0 Å². The Bertz CT molecular complexity index is 571. The molecule has 1 unspecified atom stereocenters. The number of hydrogen-bond acceptors (Lipinski definition) is 2. The zero-order chi connectivity index (χ0) is 15.1. The van der Waals surface area contributed by atoms with Gasteiger partial charge in [-0.05, 0) is 49.2 Å². The number of benzene rings is 2. The van der Waals surface area contributed by atoms with E-state index < -0.39 is 0 Å². The van der Waals surface area contributed by atoms with Crippen molar-refractivity contribution in [2.24, 2.45) is 0 Å². The van der Waals surface area contributed by atoms with Crippen LogP contribution >= 0.6 is 27.7 Å². The summed E-state index contributed by atoms with van der Waals surface area (Å²) >= 11 is 5.38. The van der Waals surface area contributed by atoms with Gasteiger partial charge in [-0.3, -0.25) is 0 Å². The Morgan fingerprint density at radius 1 is 1.10 bits per heavy atom. The largest absolute Gasteiger partial charge is 0.310 e. The van der Waals surface area contributed by atoms with Gasteiger partial charge in [0.05, 0.1) is 0 Å². The van der Waals surface area contributed by atoms with Crippen molar-refractivity contribution in [3.8, 4) is 0 Å². The van der Waals surface area contributed by atoms with Crippen molar-refractivity contribution in [3.63, 3.8) is 0 Å². The smallest absolute Gasteiger partial charge is 0.0328 e. The summed E-state index contributed by atoms with van der Waals surface area (Å²) in [4.78, 5) is 2.60. The van der Waals surface area contributed by atoms with Crippen LogP contribution in [-0.4, -0.2) is 6.54 Å². The highest BCUT2D eigenvalue weighted by molar-refractivity contribution is 9.10. The standard InChI is InChI=1S/C18H22BrNS/c1-3-12-20-17(4-2)16-10-5-6-11-18(16)21-15-9-7-8-14(19)13-15/h5-11,13,17,20H,3-4,12H2,1-2H3. The summed E-state index contributed by atoms with van der Waals surface area (Å²) in [6.45, 7) is 5.52. The van der Waals surface area contributed by atoms with Gasteiger partial charge in [-0.15, -0.1) is 0 Å². The van der Waals surface area contributed by atoms with Gasteiger partial charge in [0.1, 0.15) is 0 Å². The molecule has 1 atom stereocenters. The van der Waals surface area contributed by atoms with Gasteiger partial charge in [-0.25, -0.2) is 0 Å². The molecular weight excluding hydrogens is 342 g/mol.